The van der Waals surface area contributed by atoms with Gasteiger partial charge in [-0.15, -0.1) is 0 Å². The molecule has 5 heteroatoms. The van der Waals surface area contributed by atoms with E-state index in [1.807, 2.05) is 35.6 Å². The average molecular weight is 282 g/mol. The van der Waals surface area contributed by atoms with Crippen LogP contribution in [-0.2, 0) is 16.1 Å². The Hall–Kier alpha value is -2.53. The van der Waals surface area contributed by atoms with Crippen molar-refractivity contribution in [1.82, 2.24) is 4.98 Å². The standard InChI is InChI=1S/C16H15N3O2/c20-15-9-14(18-11-12-5-4-8-17-10-12)16(21)19(15)13-6-2-1-3-7-13/h1-8,10,14,18H,9,11H2/p+1. The van der Waals surface area contributed by atoms with Crippen molar-refractivity contribution >= 4 is 17.5 Å². The smallest absolute Gasteiger partial charge is 0.292 e. The van der Waals surface area contributed by atoms with Crippen LogP contribution < -0.4 is 10.2 Å². The van der Waals surface area contributed by atoms with E-state index in [-0.39, 0.29) is 24.3 Å². The van der Waals surface area contributed by atoms with Crippen LogP contribution in [0.25, 0.3) is 0 Å². The highest BCUT2D eigenvalue weighted by molar-refractivity contribution is 6.21. The van der Waals surface area contributed by atoms with E-state index in [1.54, 1.807) is 24.5 Å². The number of amides is 2. The fourth-order valence-electron chi connectivity index (χ4n) is 2.49. The Morgan fingerprint density at radius 3 is 2.67 bits per heavy atom. The molecule has 3 rings (SSSR count). The summed E-state index contributed by atoms with van der Waals surface area (Å²) in [7, 11) is 0. The lowest BCUT2D eigenvalue weighted by molar-refractivity contribution is -0.690. The van der Waals surface area contributed by atoms with Crippen LogP contribution in [0, 0.1) is 0 Å². The SMILES string of the molecule is O=C1CC([NH2+]Cc2cccnc2)C(=O)N1c1ccccc1. The summed E-state index contributed by atoms with van der Waals surface area (Å²) in [5.74, 6) is -0.284. The van der Waals surface area contributed by atoms with Crippen molar-refractivity contribution < 1.29 is 14.9 Å². The summed E-state index contributed by atoms with van der Waals surface area (Å²) in [6.07, 6.45) is 3.73. The first-order valence-corrected chi connectivity index (χ1v) is 6.90. The quantitative estimate of drug-likeness (QED) is 0.829. The number of quaternary nitrogens is 1. The normalized spacial score (nSPS) is 18.3. The van der Waals surface area contributed by atoms with Crippen LogP contribution in [0.2, 0.25) is 0 Å². The molecule has 1 aromatic carbocycles. The zero-order valence-electron chi connectivity index (χ0n) is 11.5. The van der Waals surface area contributed by atoms with E-state index in [0.717, 1.165) is 5.56 Å². The van der Waals surface area contributed by atoms with Gasteiger partial charge in [-0.3, -0.25) is 14.6 Å². The third-order valence-electron chi connectivity index (χ3n) is 3.56. The Morgan fingerprint density at radius 1 is 1.14 bits per heavy atom. The first-order chi connectivity index (χ1) is 10.3. The predicted molar refractivity (Wildman–Crippen MR) is 77.2 cm³/mol. The number of hydrogen-bond donors (Lipinski definition) is 1. The van der Waals surface area contributed by atoms with Gasteiger partial charge in [0.2, 0.25) is 5.91 Å². The van der Waals surface area contributed by atoms with E-state index < -0.39 is 0 Å². The Morgan fingerprint density at radius 2 is 1.95 bits per heavy atom. The zero-order chi connectivity index (χ0) is 14.7. The van der Waals surface area contributed by atoms with E-state index >= 15 is 0 Å². The predicted octanol–water partition coefficient (Wildman–Crippen LogP) is 0.477. The number of imide groups is 1. The Bertz CT molecular complexity index is 643. The number of pyridine rings is 1. The molecule has 5 nitrogen and oxygen atoms in total. The van der Waals surface area contributed by atoms with Gasteiger partial charge in [0.1, 0.15) is 6.54 Å². The third kappa shape index (κ3) is 2.83. The van der Waals surface area contributed by atoms with Gasteiger partial charge >= 0.3 is 0 Å². The molecule has 2 heterocycles. The minimum atomic E-state index is -0.349. The molecule has 1 aromatic heterocycles. The number of aromatic nitrogens is 1. The van der Waals surface area contributed by atoms with Gasteiger partial charge in [0.15, 0.2) is 6.04 Å². The third-order valence-corrected chi connectivity index (χ3v) is 3.56. The largest absolute Gasteiger partial charge is 0.332 e. The van der Waals surface area contributed by atoms with Crippen molar-refractivity contribution in [2.24, 2.45) is 0 Å². The second-order valence-electron chi connectivity index (χ2n) is 5.01. The van der Waals surface area contributed by atoms with E-state index in [0.29, 0.717) is 12.2 Å². The van der Waals surface area contributed by atoms with E-state index in [4.69, 9.17) is 0 Å². The molecule has 2 aromatic rings. The molecule has 2 N–H and O–H groups in total. The summed E-state index contributed by atoms with van der Waals surface area (Å²) in [5.41, 5.74) is 1.68. The fourth-order valence-corrected chi connectivity index (χ4v) is 2.49. The molecule has 106 valence electrons. The summed E-state index contributed by atoms with van der Waals surface area (Å²) in [5, 5.41) is 1.90. The number of nitrogens with two attached hydrogens (primary N) is 1. The molecule has 1 saturated heterocycles. The zero-order valence-corrected chi connectivity index (χ0v) is 11.5. The molecule has 1 aliphatic heterocycles. The molecule has 0 radical (unpaired) electrons. The van der Waals surface area contributed by atoms with Crippen LogP contribution in [0.3, 0.4) is 0 Å². The van der Waals surface area contributed by atoms with Crippen molar-refractivity contribution in [3.8, 4) is 0 Å². The molecule has 1 unspecified atom stereocenters. The highest BCUT2D eigenvalue weighted by atomic mass is 16.2. The summed E-state index contributed by atoms with van der Waals surface area (Å²) >= 11 is 0. The highest BCUT2D eigenvalue weighted by Gasteiger charge is 2.41. The summed E-state index contributed by atoms with van der Waals surface area (Å²) < 4.78 is 0. The first kappa shape index (κ1) is 13.5. The molecule has 0 spiro atoms. The molecule has 0 saturated carbocycles. The lowest BCUT2D eigenvalue weighted by Crippen LogP contribution is -2.90. The molecule has 1 fully saturated rings. The topological polar surface area (TPSA) is 66.9 Å². The Balaban J connectivity index is 1.69. The average Bonchev–Trinajstić information content (AvgIpc) is 2.81. The molecule has 21 heavy (non-hydrogen) atoms. The van der Waals surface area contributed by atoms with Gasteiger partial charge in [0, 0.05) is 18.0 Å². The van der Waals surface area contributed by atoms with Crippen LogP contribution in [0.4, 0.5) is 5.69 Å². The summed E-state index contributed by atoms with van der Waals surface area (Å²) in [4.78, 5) is 29.8. The van der Waals surface area contributed by atoms with Crippen molar-refractivity contribution in [3.05, 3.63) is 60.4 Å². The second kappa shape index (κ2) is 5.85. The van der Waals surface area contributed by atoms with Gasteiger partial charge < -0.3 is 5.32 Å². The van der Waals surface area contributed by atoms with Gasteiger partial charge in [-0.2, -0.15) is 0 Å². The molecule has 1 aliphatic rings. The number of nitrogens with zero attached hydrogens (tertiary/aromatic N) is 2. The van der Waals surface area contributed by atoms with Gasteiger partial charge in [0.05, 0.1) is 12.1 Å². The lowest BCUT2D eigenvalue weighted by atomic mass is 10.2. The van der Waals surface area contributed by atoms with Gasteiger partial charge in [-0.25, -0.2) is 4.90 Å². The maximum Gasteiger partial charge on any atom is 0.292 e. The van der Waals surface area contributed by atoms with E-state index in [1.165, 1.54) is 4.90 Å². The molecule has 2 amide bonds. The number of carbonyl (C=O) groups excluding carboxylic acids is 2. The van der Waals surface area contributed by atoms with Crippen LogP contribution in [0.5, 0.6) is 0 Å². The summed E-state index contributed by atoms with van der Waals surface area (Å²) in [6.45, 7) is 0.639. The second-order valence-corrected chi connectivity index (χ2v) is 5.01. The molecular formula is C16H16N3O2+. The van der Waals surface area contributed by atoms with Crippen LogP contribution in [0.1, 0.15) is 12.0 Å². The number of hydrogen-bond acceptors (Lipinski definition) is 3. The van der Waals surface area contributed by atoms with E-state index in [2.05, 4.69) is 4.98 Å². The Labute approximate surface area is 122 Å². The number of anilines is 1. The monoisotopic (exact) mass is 282 g/mol. The molecule has 1 atom stereocenters. The first-order valence-electron chi connectivity index (χ1n) is 6.90. The van der Waals surface area contributed by atoms with Crippen LogP contribution in [0.15, 0.2) is 54.9 Å². The van der Waals surface area contributed by atoms with Crippen molar-refractivity contribution in [2.75, 3.05) is 4.90 Å². The lowest BCUT2D eigenvalue weighted by Gasteiger charge is -2.13. The number of para-hydroxylation sites is 1. The highest BCUT2D eigenvalue weighted by Crippen LogP contribution is 2.20. The molecular weight excluding hydrogens is 266 g/mol. The minimum absolute atomic E-state index is 0.140. The van der Waals surface area contributed by atoms with E-state index in [9.17, 15) is 9.59 Å². The van der Waals surface area contributed by atoms with Crippen molar-refractivity contribution in [3.63, 3.8) is 0 Å². The fraction of sp³-hybridized carbons (Fsp3) is 0.188. The maximum absolute atomic E-state index is 12.4. The van der Waals surface area contributed by atoms with Crippen molar-refractivity contribution in [1.29, 1.82) is 0 Å². The van der Waals surface area contributed by atoms with Crippen LogP contribution >= 0.6 is 0 Å². The summed E-state index contributed by atoms with van der Waals surface area (Å²) in [6, 6.07) is 12.5. The van der Waals surface area contributed by atoms with Crippen molar-refractivity contribution in [2.45, 2.75) is 19.0 Å². The van der Waals surface area contributed by atoms with Crippen LogP contribution in [-0.4, -0.2) is 22.8 Å². The number of benzene rings is 1. The maximum atomic E-state index is 12.4. The Kier molecular flexibility index (Phi) is 3.75. The van der Waals surface area contributed by atoms with Gasteiger partial charge in [-0.05, 0) is 18.2 Å². The number of carbonyl (C=O) groups is 2. The molecule has 0 aliphatic carbocycles. The molecule has 0 bridgehead atoms. The van der Waals surface area contributed by atoms with Gasteiger partial charge in [-0.1, -0.05) is 24.3 Å². The van der Waals surface area contributed by atoms with Gasteiger partial charge in [0.25, 0.3) is 5.91 Å². The minimum Gasteiger partial charge on any atom is -0.332 e. The number of rotatable bonds is 4.